The van der Waals surface area contributed by atoms with E-state index in [0.717, 1.165) is 16.8 Å². The number of amides is 1. The number of aryl methyl sites for hydroxylation is 2. The predicted octanol–water partition coefficient (Wildman–Crippen LogP) is 2.18. The van der Waals surface area contributed by atoms with E-state index in [1.165, 1.54) is 0 Å². The van der Waals surface area contributed by atoms with Gasteiger partial charge >= 0.3 is 0 Å². The molecular weight excluding hydrogens is 230 g/mol. The Bertz CT molecular complexity index is 575. The van der Waals surface area contributed by atoms with Gasteiger partial charge in [-0.05, 0) is 38.0 Å². The van der Waals surface area contributed by atoms with Crippen LogP contribution in [0.5, 0.6) is 0 Å². The molecule has 1 heterocycles. The molecule has 0 aliphatic carbocycles. The molecule has 0 saturated heterocycles. The van der Waals surface area contributed by atoms with Crippen molar-refractivity contribution in [2.75, 3.05) is 5.32 Å². The Morgan fingerprint density at radius 2 is 2.11 bits per heavy atom. The van der Waals surface area contributed by atoms with Gasteiger partial charge in [-0.2, -0.15) is 4.98 Å². The summed E-state index contributed by atoms with van der Waals surface area (Å²) in [5.74, 6) is 0.701. The van der Waals surface area contributed by atoms with Gasteiger partial charge in [0, 0.05) is 5.69 Å². The molecule has 0 unspecified atom stereocenters. The lowest BCUT2D eigenvalue weighted by molar-refractivity contribution is -0.115. The Hall–Kier alpha value is -2.17. The lowest BCUT2D eigenvalue weighted by atomic mass is 10.1. The number of benzene rings is 1. The summed E-state index contributed by atoms with van der Waals surface area (Å²) in [6.07, 6.45) is 0.0915. The van der Waals surface area contributed by atoms with Crippen LogP contribution in [0, 0.1) is 20.8 Å². The number of nitrogens with zero attached hydrogens (tertiary/aromatic N) is 2. The number of hydrogen-bond donors (Lipinski definition) is 1. The van der Waals surface area contributed by atoms with Gasteiger partial charge in [0.15, 0.2) is 5.82 Å². The smallest absolute Gasteiger partial charge is 0.236 e. The summed E-state index contributed by atoms with van der Waals surface area (Å²) in [7, 11) is 0. The molecule has 0 bridgehead atoms. The topological polar surface area (TPSA) is 68.0 Å². The SMILES string of the molecule is Cc1noc(CC(=O)Nc2cccc(C)c2C)n1. The van der Waals surface area contributed by atoms with E-state index in [1.54, 1.807) is 6.92 Å². The zero-order valence-corrected chi connectivity index (χ0v) is 10.7. The first-order valence-corrected chi connectivity index (χ1v) is 5.71. The Morgan fingerprint density at radius 3 is 2.78 bits per heavy atom. The third kappa shape index (κ3) is 2.74. The fourth-order valence-electron chi connectivity index (χ4n) is 1.63. The number of hydrogen-bond acceptors (Lipinski definition) is 4. The van der Waals surface area contributed by atoms with E-state index < -0.39 is 0 Å². The standard InChI is InChI=1S/C13H15N3O2/c1-8-5-4-6-11(9(8)2)15-12(17)7-13-14-10(3)16-18-13/h4-6H,7H2,1-3H3,(H,15,17). The first-order valence-electron chi connectivity index (χ1n) is 5.71. The first kappa shape index (κ1) is 12.3. The van der Waals surface area contributed by atoms with Gasteiger partial charge in [0.1, 0.15) is 6.42 Å². The summed E-state index contributed by atoms with van der Waals surface area (Å²) in [6.45, 7) is 5.70. The molecule has 5 nitrogen and oxygen atoms in total. The van der Waals surface area contributed by atoms with Gasteiger partial charge in [-0.1, -0.05) is 17.3 Å². The van der Waals surface area contributed by atoms with Crippen LogP contribution < -0.4 is 5.32 Å². The average molecular weight is 245 g/mol. The van der Waals surface area contributed by atoms with Crippen molar-refractivity contribution in [1.82, 2.24) is 10.1 Å². The highest BCUT2D eigenvalue weighted by atomic mass is 16.5. The van der Waals surface area contributed by atoms with E-state index >= 15 is 0 Å². The molecule has 0 aliphatic rings. The maximum atomic E-state index is 11.8. The molecule has 0 aliphatic heterocycles. The number of carbonyl (C=O) groups excluding carboxylic acids is 1. The van der Waals surface area contributed by atoms with E-state index in [9.17, 15) is 4.79 Å². The van der Waals surface area contributed by atoms with Crippen molar-refractivity contribution in [3.63, 3.8) is 0 Å². The average Bonchev–Trinajstić information content (AvgIpc) is 2.70. The lowest BCUT2D eigenvalue weighted by Gasteiger charge is -2.09. The quantitative estimate of drug-likeness (QED) is 0.899. The molecule has 0 spiro atoms. The minimum Gasteiger partial charge on any atom is -0.339 e. The number of nitrogens with one attached hydrogen (secondary N) is 1. The summed E-state index contributed by atoms with van der Waals surface area (Å²) in [4.78, 5) is 15.8. The summed E-state index contributed by atoms with van der Waals surface area (Å²) in [5, 5.41) is 6.48. The van der Waals surface area contributed by atoms with E-state index in [1.807, 2.05) is 32.0 Å². The van der Waals surface area contributed by atoms with Gasteiger partial charge in [-0.25, -0.2) is 0 Å². The monoisotopic (exact) mass is 245 g/mol. The highest BCUT2D eigenvalue weighted by Gasteiger charge is 2.11. The molecule has 1 amide bonds. The summed E-state index contributed by atoms with van der Waals surface area (Å²) in [5.41, 5.74) is 3.02. The molecule has 1 aromatic heterocycles. The van der Waals surface area contributed by atoms with E-state index in [2.05, 4.69) is 15.5 Å². The van der Waals surface area contributed by atoms with Gasteiger partial charge in [0.25, 0.3) is 0 Å². The highest BCUT2D eigenvalue weighted by Crippen LogP contribution is 2.18. The predicted molar refractivity (Wildman–Crippen MR) is 67.3 cm³/mol. The van der Waals surface area contributed by atoms with Crippen molar-refractivity contribution < 1.29 is 9.32 Å². The van der Waals surface area contributed by atoms with Crippen LogP contribution in [-0.2, 0) is 11.2 Å². The van der Waals surface area contributed by atoms with Crippen LogP contribution in [0.15, 0.2) is 22.7 Å². The van der Waals surface area contributed by atoms with Gasteiger partial charge in [0.05, 0.1) is 0 Å². The van der Waals surface area contributed by atoms with Crippen LogP contribution in [0.25, 0.3) is 0 Å². The van der Waals surface area contributed by atoms with Crippen molar-refractivity contribution in [1.29, 1.82) is 0 Å². The molecule has 1 aromatic carbocycles. The zero-order chi connectivity index (χ0) is 13.1. The Morgan fingerprint density at radius 1 is 1.33 bits per heavy atom. The van der Waals surface area contributed by atoms with E-state index in [-0.39, 0.29) is 12.3 Å². The molecule has 94 valence electrons. The van der Waals surface area contributed by atoms with Gasteiger partial charge < -0.3 is 9.84 Å². The third-order valence-electron chi connectivity index (χ3n) is 2.76. The summed E-state index contributed by atoms with van der Waals surface area (Å²) < 4.78 is 4.90. The first-order chi connectivity index (χ1) is 8.56. The second-order valence-corrected chi connectivity index (χ2v) is 4.21. The fourth-order valence-corrected chi connectivity index (χ4v) is 1.63. The van der Waals surface area contributed by atoms with Crippen molar-refractivity contribution >= 4 is 11.6 Å². The van der Waals surface area contributed by atoms with Crippen LogP contribution in [0.3, 0.4) is 0 Å². The number of rotatable bonds is 3. The second-order valence-electron chi connectivity index (χ2n) is 4.21. The lowest BCUT2D eigenvalue weighted by Crippen LogP contribution is -2.15. The highest BCUT2D eigenvalue weighted by molar-refractivity contribution is 5.92. The maximum Gasteiger partial charge on any atom is 0.236 e. The number of carbonyl (C=O) groups is 1. The Kier molecular flexibility index (Phi) is 3.41. The molecule has 2 rings (SSSR count). The minimum atomic E-state index is -0.160. The van der Waals surface area contributed by atoms with E-state index in [4.69, 9.17) is 4.52 Å². The van der Waals surface area contributed by atoms with Gasteiger partial charge in [0.2, 0.25) is 11.8 Å². The molecule has 2 aromatic rings. The molecule has 0 fully saturated rings. The van der Waals surface area contributed by atoms with Crippen LogP contribution in [-0.4, -0.2) is 16.0 Å². The normalized spacial score (nSPS) is 10.4. The molecule has 5 heteroatoms. The third-order valence-corrected chi connectivity index (χ3v) is 2.76. The zero-order valence-electron chi connectivity index (χ0n) is 10.7. The van der Waals surface area contributed by atoms with Crippen LogP contribution in [0.4, 0.5) is 5.69 Å². The molecule has 1 N–H and O–H groups in total. The minimum absolute atomic E-state index is 0.0915. The maximum absolute atomic E-state index is 11.8. The molecule has 18 heavy (non-hydrogen) atoms. The largest absolute Gasteiger partial charge is 0.339 e. The van der Waals surface area contributed by atoms with Crippen LogP contribution in [0.2, 0.25) is 0 Å². The second kappa shape index (κ2) is 5.00. The Balaban J connectivity index is 2.05. The van der Waals surface area contributed by atoms with Gasteiger partial charge in [-0.3, -0.25) is 4.79 Å². The van der Waals surface area contributed by atoms with Crippen LogP contribution >= 0.6 is 0 Å². The van der Waals surface area contributed by atoms with Crippen LogP contribution in [0.1, 0.15) is 22.8 Å². The molecule has 0 saturated carbocycles. The van der Waals surface area contributed by atoms with Crippen molar-refractivity contribution in [3.8, 4) is 0 Å². The van der Waals surface area contributed by atoms with Crippen molar-refractivity contribution in [3.05, 3.63) is 41.0 Å². The summed E-state index contributed by atoms with van der Waals surface area (Å²) in [6, 6.07) is 5.79. The number of aromatic nitrogens is 2. The fraction of sp³-hybridized carbons (Fsp3) is 0.308. The molecule has 0 radical (unpaired) electrons. The molecular formula is C13H15N3O2. The number of anilines is 1. The Labute approximate surface area is 105 Å². The van der Waals surface area contributed by atoms with Crippen molar-refractivity contribution in [2.45, 2.75) is 27.2 Å². The van der Waals surface area contributed by atoms with E-state index in [0.29, 0.717) is 11.7 Å². The summed E-state index contributed by atoms with van der Waals surface area (Å²) >= 11 is 0. The van der Waals surface area contributed by atoms with Gasteiger partial charge in [-0.15, -0.1) is 0 Å². The van der Waals surface area contributed by atoms with Crippen molar-refractivity contribution in [2.24, 2.45) is 0 Å². The molecule has 0 atom stereocenters.